The van der Waals surface area contributed by atoms with Gasteiger partial charge in [-0.25, -0.2) is 4.39 Å². The molecule has 0 radical (unpaired) electrons. The molecule has 0 fully saturated rings. The Bertz CT molecular complexity index is 761. The number of aromatic nitrogens is 2. The lowest BCUT2D eigenvalue weighted by atomic mass is 10.1. The summed E-state index contributed by atoms with van der Waals surface area (Å²) in [6.45, 7) is 0. The van der Waals surface area contributed by atoms with Crippen LogP contribution in [0, 0.1) is 5.82 Å². The summed E-state index contributed by atoms with van der Waals surface area (Å²) >= 11 is 11.9. The average molecular weight is 323 g/mol. The Morgan fingerprint density at radius 1 is 1.05 bits per heavy atom. The molecule has 0 aliphatic rings. The first-order valence-corrected chi connectivity index (χ1v) is 6.94. The van der Waals surface area contributed by atoms with E-state index in [0.717, 1.165) is 5.56 Å². The minimum atomic E-state index is -0.551. The minimum absolute atomic E-state index is 0.0398. The first-order chi connectivity index (χ1) is 10.1. The predicted molar refractivity (Wildman–Crippen MR) is 78.8 cm³/mol. The Morgan fingerprint density at radius 3 is 2.52 bits per heavy atom. The maximum absolute atomic E-state index is 13.4. The molecule has 3 rings (SSSR count). The number of nitrogens with zero attached hydrogens (tertiary/aromatic N) is 2. The van der Waals surface area contributed by atoms with Crippen LogP contribution >= 0.6 is 23.2 Å². The molecule has 106 valence electrons. The number of alkyl halides is 1. The van der Waals surface area contributed by atoms with Crippen molar-refractivity contribution >= 4 is 23.2 Å². The molecule has 1 heterocycles. The highest BCUT2D eigenvalue weighted by Gasteiger charge is 2.19. The van der Waals surface area contributed by atoms with E-state index in [1.165, 1.54) is 12.1 Å². The molecule has 3 nitrogen and oxygen atoms in total. The fourth-order valence-electron chi connectivity index (χ4n) is 1.85. The molecular weight excluding hydrogens is 314 g/mol. The molecule has 2 aromatic carbocycles. The second kappa shape index (κ2) is 5.84. The standard InChI is InChI=1S/C15H9Cl2FN2O/c16-11-7-6-10(8-12(11)18)14-19-20-15(21-14)13(17)9-4-2-1-3-5-9/h1-8,13H. The number of rotatable bonds is 3. The normalized spacial score (nSPS) is 12.3. The summed E-state index contributed by atoms with van der Waals surface area (Å²) in [6.07, 6.45) is 0. The zero-order valence-corrected chi connectivity index (χ0v) is 12.1. The largest absolute Gasteiger partial charge is 0.419 e. The Balaban J connectivity index is 1.91. The Labute approximate surface area is 130 Å². The van der Waals surface area contributed by atoms with E-state index in [1.807, 2.05) is 30.3 Å². The van der Waals surface area contributed by atoms with Gasteiger partial charge in [0.05, 0.1) is 5.02 Å². The highest BCUT2D eigenvalue weighted by atomic mass is 35.5. The smallest absolute Gasteiger partial charge is 0.247 e. The number of hydrogen-bond acceptors (Lipinski definition) is 3. The zero-order valence-electron chi connectivity index (χ0n) is 10.6. The predicted octanol–water partition coefficient (Wildman–Crippen LogP) is 4.86. The van der Waals surface area contributed by atoms with Crippen molar-refractivity contribution in [2.24, 2.45) is 0 Å². The molecule has 0 bridgehead atoms. The van der Waals surface area contributed by atoms with Crippen molar-refractivity contribution in [3.8, 4) is 11.5 Å². The first kappa shape index (κ1) is 14.0. The average Bonchev–Trinajstić information content (AvgIpc) is 3.00. The quantitative estimate of drug-likeness (QED) is 0.646. The third kappa shape index (κ3) is 2.91. The van der Waals surface area contributed by atoms with E-state index in [0.29, 0.717) is 5.56 Å². The van der Waals surface area contributed by atoms with Gasteiger partial charge in [0, 0.05) is 5.56 Å². The summed E-state index contributed by atoms with van der Waals surface area (Å²) in [7, 11) is 0. The van der Waals surface area contributed by atoms with E-state index < -0.39 is 11.2 Å². The van der Waals surface area contributed by atoms with Crippen molar-refractivity contribution in [2.45, 2.75) is 5.38 Å². The van der Waals surface area contributed by atoms with Crippen LogP contribution in [-0.4, -0.2) is 10.2 Å². The van der Waals surface area contributed by atoms with Crippen LogP contribution in [0.3, 0.4) is 0 Å². The second-order valence-corrected chi connectivity index (χ2v) is 5.19. The summed E-state index contributed by atoms with van der Waals surface area (Å²) in [4.78, 5) is 0. The molecule has 0 aliphatic heterocycles. The summed E-state index contributed by atoms with van der Waals surface area (Å²) in [5, 5.41) is 7.30. The van der Waals surface area contributed by atoms with Gasteiger partial charge in [-0.2, -0.15) is 0 Å². The van der Waals surface area contributed by atoms with Crippen molar-refractivity contribution in [1.29, 1.82) is 0 Å². The lowest BCUT2D eigenvalue weighted by Crippen LogP contribution is -1.92. The van der Waals surface area contributed by atoms with Crippen LogP contribution < -0.4 is 0 Å². The van der Waals surface area contributed by atoms with Crippen LogP contribution in [0.5, 0.6) is 0 Å². The molecule has 21 heavy (non-hydrogen) atoms. The van der Waals surface area contributed by atoms with Crippen LogP contribution in [0.15, 0.2) is 52.9 Å². The van der Waals surface area contributed by atoms with Crippen LogP contribution in [0.25, 0.3) is 11.5 Å². The summed E-state index contributed by atoms with van der Waals surface area (Å²) in [6, 6.07) is 13.6. The maximum Gasteiger partial charge on any atom is 0.247 e. The van der Waals surface area contributed by atoms with Crippen molar-refractivity contribution in [2.75, 3.05) is 0 Å². The van der Waals surface area contributed by atoms with Crippen LogP contribution in [0.4, 0.5) is 4.39 Å². The van der Waals surface area contributed by atoms with E-state index in [4.69, 9.17) is 27.6 Å². The van der Waals surface area contributed by atoms with Gasteiger partial charge in [0.2, 0.25) is 11.8 Å². The maximum atomic E-state index is 13.4. The summed E-state index contributed by atoms with van der Waals surface area (Å²) < 4.78 is 19.0. The topological polar surface area (TPSA) is 38.9 Å². The fraction of sp³-hybridized carbons (Fsp3) is 0.0667. The number of hydrogen-bond donors (Lipinski definition) is 0. The highest BCUT2D eigenvalue weighted by Crippen LogP contribution is 2.30. The second-order valence-electron chi connectivity index (χ2n) is 4.35. The molecule has 0 amide bonds. The van der Waals surface area contributed by atoms with Crippen LogP contribution in [0.1, 0.15) is 16.8 Å². The highest BCUT2D eigenvalue weighted by molar-refractivity contribution is 6.30. The van der Waals surface area contributed by atoms with E-state index >= 15 is 0 Å². The molecule has 1 unspecified atom stereocenters. The van der Waals surface area contributed by atoms with Gasteiger partial charge in [-0.3, -0.25) is 0 Å². The fourth-order valence-corrected chi connectivity index (χ4v) is 2.20. The van der Waals surface area contributed by atoms with E-state index in [1.54, 1.807) is 6.07 Å². The van der Waals surface area contributed by atoms with Crippen LogP contribution in [-0.2, 0) is 0 Å². The Hall–Kier alpha value is -1.91. The van der Waals surface area contributed by atoms with Crippen molar-refractivity contribution in [3.63, 3.8) is 0 Å². The monoisotopic (exact) mass is 322 g/mol. The molecule has 3 aromatic rings. The molecule has 0 aliphatic carbocycles. The third-order valence-corrected chi connectivity index (χ3v) is 3.66. The molecule has 1 aromatic heterocycles. The van der Waals surface area contributed by atoms with Gasteiger partial charge in [-0.05, 0) is 23.8 Å². The van der Waals surface area contributed by atoms with Gasteiger partial charge in [0.25, 0.3) is 0 Å². The third-order valence-electron chi connectivity index (χ3n) is 2.92. The Kier molecular flexibility index (Phi) is 3.90. The van der Waals surface area contributed by atoms with Gasteiger partial charge < -0.3 is 4.42 Å². The molecule has 1 atom stereocenters. The van der Waals surface area contributed by atoms with Gasteiger partial charge in [-0.15, -0.1) is 21.8 Å². The molecule has 6 heteroatoms. The van der Waals surface area contributed by atoms with Crippen LogP contribution in [0.2, 0.25) is 5.02 Å². The van der Waals surface area contributed by atoms with E-state index in [2.05, 4.69) is 10.2 Å². The van der Waals surface area contributed by atoms with Crippen molar-refractivity contribution in [1.82, 2.24) is 10.2 Å². The van der Waals surface area contributed by atoms with E-state index in [-0.39, 0.29) is 16.8 Å². The lowest BCUT2D eigenvalue weighted by Gasteiger charge is -2.03. The SMILES string of the molecule is Fc1cc(-c2nnc(C(Cl)c3ccccc3)o2)ccc1Cl. The zero-order chi connectivity index (χ0) is 14.8. The van der Waals surface area contributed by atoms with Gasteiger partial charge in [-0.1, -0.05) is 41.9 Å². The van der Waals surface area contributed by atoms with Crippen molar-refractivity contribution in [3.05, 3.63) is 70.8 Å². The molecule has 0 N–H and O–H groups in total. The molecule has 0 spiro atoms. The molecular formula is C15H9Cl2FN2O. The minimum Gasteiger partial charge on any atom is -0.419 e. The summed E-state index contributed by atoms with van der Waals surface area (Å²) in [5.74, 6) is -0.0882. The van der Waals surface area contributed by atoms with Gasteiger partial charge in [0.1, 0.15) is 11.2 Å². The number of halogens is 3. The first-order valence-electron chi connectivity index (χ1n) is 6.13. The van der Waals surface area contributed by atoms with Gasteiger partial charge >= 0.3 is 0 Å². The summed E-state index contributed by atoms with van der Waals surface area (Å²) in [5.41, 5.74) is 1.30. The van der Waals surface area contributed by atoms with Gasteiger partial charge in [0.15, 0.2) is 0 Å². The van der Waals surface area contributed by atoms with E-state index in [9.17, 15) is 4.39 Å². The molecule has 0 saturated heterocycles. The lowest BCUT2D eigenvalue weighted by molar-refractivity contribution is 0.512. The Morgan fingerprint density at radius 2 is 1.81 bits per heavy atom. The number of benzene rings is 2. The molecule has 0 saturated carbocycles. The van der Waals surface area contributed by atoms with Crippen molar-refractivity contribution < 1.29 is 8.81 Å².